The smallest absolute Gasteiger partial charge is 0.408 e. The SMILES string of the molecule is C.C.CC(C)(C)OC(=O)N[C@H]1CCc2cc(Br)ccc2NC1=O.[C-]#[N+]c1ccc2c(c1)CC[C@H](NC(=O)OC(C)(C)C)C(=O)N2. The Hall–Kier alpha value is -4.11. The fourth-order valence-corrected chi connectivity index (χ4v) is 4.75. The fraction of sp³-hybridized carbons (Fsp3) is 0.485. The van der Waals surface area contributed by atoms with Crippen molar-refractivity contribution in [2.45, 2.75) is 105 Å². The minimum absolute atomic E-state index is 0. The number of aryl methyl sites for hydroxylation is 2. The van der Waals surface area contributed by atoms with Crippen LogP contribution in [0.5, 0.6) is 0 Å². The molecule has 0 bridgehead atoms. The Balaban J connectivity index is 0.000000431. The van der Waals surface area contributed by atoms with Crippen molar-refractivity contribution in [3.05, 3.63) is 63.4 Å². The van der Waals surface area contributed by atoms with E-state index in [1.165, 1.54) is 0 Å². The number of ether oxygens (including phenoxy) is 2. The molecule has 0 saturated heterocycles. The first-order valence-corrected chi connectivity index (χ1v) is 14.7. The van der Waals surface area contributed by atoms with Gasteiger partial charge in [0.2, 0.25) is 11.8 Å². The van der Waals surface area contributed by atoms with E-state index in [0.717, 1.165) is 21.3 Å². The third kappa shape index (κ3) is 12.4. The van der Waals surface area contributed by atoms with Crippen LogP contribution < -0.4 is 21.3 Å². The minimum Gasteiger partial charge on any atom is -0.444 e. The molecule has 4 amide bonds. The summed E-state index contributed by atoms with van der Waals surface area (Å²) in [6.07, 6.45) is 1.11. The van der Waals surface area contributed by atoms with Crippen LogP contribution >= 0.6 is 15.9 Å². The van der Waals surface area contributed by atoms with Gasteiger partial charge in [-0.05, 0) is 103 Å². The Morgan fingerprint density at radius 2 is 1.22 bits per heavy atom. The number of hydrogen-bond acceptors (Lipinski definition) is 6. The molecular formula is C33H46BrN5O6. The van der Waals surface area contributed by atoms with E-state index in [2.05, 4.69) is 42.0 Å². The molecule has 12 heteroatoms. The monoisotopic (exact) mass is 687 g/mol. The zero-order valence-electron chi connectivity index (χ0n) is 25.2. The van der Waals surface area contributed by atoms with Crippen LogP contribution in [-0.4, -0.2) is 47.3 Å². The van der Waals surface area contributed by atoms with Gasteiger partial charge in [-0.3, -0.25) is 9.59 Å². The Kier molecular flexibility index (Phi) is 14.1. The molecule has 0 fully saturated rings. The molecule has 0 saturated carbocycles. The van der Waals surface area contributed by atoms with Crippen LogP contribution in [-0.2, 0) is 31.9 Å². The number of nitrogens with one attached hydrogen (secondary N) is 4. The molecular weight excluding hydrogens is 642 g/mol. The first-order chi connectivity index (χ1) is 20.0. The third-order valence-corrected chi connectivity index (χ3v) is 6.71. The zero-order chi connectivity index (χ0) is 31.9. The second kappa shape index (κ2) is 16.3. The number of nitrogens with zero attached hydrogens (tertiary/aromatic N) is 1. The van der Waals surface area contributed by atoms with Crippen molar-refractivity contribution >= 4 is 57.0 Å². The van der Waals surface area contributed by atoms with Gasteiger partial charge in [0.25, 0.3) is 0 Å². The maximum Gasteiger partial charge on any atom is 0.408 e. The normalized spacial score (nSPS) is 17.1. The molecule has 2 aliphatic rings. The number of carbonyl (C=O) groups is 4. The van der Waals surface area contributed by atoms with Crippen LogP contribution in [0, 0.1) is 6.57 Å². The predicted octanol–water partition coefficient (Wildman–Crippen LogP) is 7.51. The number of hydrogen-bond donors (Lipinski definition) is 4. The molecule has 2 aromatic carbocycles. The van der Waals surface area contributed by atoms with Crippen molar-refractivity contribution in [3.8, 4) is 0 Å². The van der Waals surface area contributed by atoms with Crippen molar-refractivity contribution in [3.63, 3.8) is 0 Å². The summed E-state index contributed by atoms with van der Waals surface area (Å²) in [4.78, 5) is 51.3. The van der Waals surface area contributed by atoms with Crippen molar-refractivity contribution in [2.75, 3.05) is 10.6 Å². The molecule has 2 aliphatic heterocycles. The van der Waals surface area contributed by atoms with Gasteiger partial charge >= 0.3 is 12.2 Å². The van der Waals surface area contributed by atoms with Crippen LogP contribution in [0.1, 0.15) is 80.4 Å². The van der Waals surface area contributed by atoms with E-state index in [4.69, 9.17) is 16.0 Å². The van der Waals surface area contributed by atoms with Gasteiger partial charge < -0.3 is 30.7 Å². The average Bonchev–Trinajstić information content (AvgIpc) is 3.13. The minimum atomic E-state index is -0.654. The predicted molar refractivity (Wildman–Crippen MR) is 181 cm³/mol. The summed E-state index contributed by atoms with van der Waals surface area (Å²) in [6, 6.07) is 9.60. The Labute approximate surface area is 275 Å². The maximum atomic E-state index is 12.2. The van der Waals surface area contributed by atoms with E-state index >= 15 is 0 Å². The van der Waals surface area contributed by atoms with Gasteiger partial charge in [-0.25, -0.2) is 14.4 Å². The first kappa shape index (κ1) is 38.9. The fourth-order valence-electron chi connectivity index (χ4n) is 4.35. The number of amides is 4. The quantitative estimate of drug-likeness (QED) is 0.241. The number of alkyl carbamates (subject to hydrolysis) is 2. The van der Waals surface area contributed by atoms with Crippen molar-refractivity contribution < 1.29 is 28.7 Å². The summed E-state index contributed by atoms with van der Waals surface area (Å²) >= 11 is 3.42. The number of fused-ring (bicyclic) bond motifs is 2. The summed E-state index contributed by atoms with van der Waals surface area (Å²) < 4.78 is 11.3. The van der Waals surface area contributed by atoms with Gasteiger partial charge in [-0.1, -0.05) is 42.9 Å². The molecule has 11 nitrogen and oxygen atoms in total. The largest absolute Gasteiger partial charge is 0.444 e. The van der Waals surface area contributed by atoms with Gasteiger partial charge in [0.1, 0.15) is 23.3 Å². The number of benzene rings is 2. The second-order valence-corrected chi connectivity index (χ2v) is 13.1. The van der Waals surface area contributed by atoms with Crippen molar-refractivity contribution in [1.82, 2.24) is 10.6 Å². The number of rotatable bonds is 2. The first-order valence-electron chi connectivity index (χ1n) is 13.9. The number of anilines is 2. The lowest BCUT2D eigenvalue weighted by Gasteiger charge is -2.22. The van der Waals surface area contributed by atoms with Crippen molar-refractivity contribution in [1.29, 1.82) is 0 Å². The molecule has 0 spiro atoms. The zero-order valence-corrected chi connectivity index (χ0v) is 26.8. The van der Waals surface area contributed by atoms with Crippen LogP contribution in [0.15, 0.2) is 40.9 Å². The standard InChI is InChI=1S/C16H19N3O3.C15H19BrN2O3.2CH4/c1-16(2,3)22-15(21)19-13-7-5-10-9-11(17-4)6-8-12(10)18-14(13)20;1-15(2,3)21-14(20)18-12-6-4-9-8-10(16)5-7-11(9)17-13(12)19;;/h6,8-9,13H,5,7H2,1-3H3,(H,18,20)(H,19,21);5,7-8,12H,4,6H2,1-3H3,(H,17,19)(H,18,20);2*1H4/t13-;12-;;/m00../s1. The topological polar surface area (TPSA) is 139 Å². The highest BCUT2D eigenvalue weighted by atomic mass is 79.9. The Morgan fingerprint density at radius 3 is 1.64 bits per heavy atom. The summed E-state index contributed by atoms with van der Waals surface area (Å²) in [5, 5.41) is 10.8. The van der Waals surface area contributed by atoms with E-state index < -0.39 is 35.5 Å². The lowest BCUT2D eigenvalue weighted by atomic mass is 10.1. The van der Waals surface area contributed by atoms with E-state index in [0.29, 0.717) is 37.1 Å². The lowest BCUT2D eigenvalue weighted by Crippen LogP contribution is -2.45. The molecule has 2 atom stereocenters. The highest BCUT2D eigenvalue weighted by molar-refractivity contribution is 9.10. The Morgan fingerprint density at radius 1 is 0.800 bits per heavy atom. The molecule has 4 N–H and O–H groups in total. The summed E-state index contributed by atoms with van der Waals surface area (Å²) in [5.74, 6) is -0.498. The molecule has 0 aliphatic carbocycles. The van der Waals surface area contributed by atoms with Gasteiger partial charge in [-0.2, -0.15) is 0 Å². The summed E-state index contributed by atoms with van der Waals surface area (Å²) in [7, 11) is 0. The number of carbonyl (C=O) groups excluding carboxylic acids is 4. The van der Waals surface area contributed by atoms with Crippen LogP contribution in [0.2, 0.25) is 0 Å². The van der Waals surface area contributed by atoms with E-state index in [1.807, 2.05) is 18.2 Å². The van der Waals surface area contributed by atoms with E-state index in [9.17, 15) is 19.2 Å². The van der Waals surface area contributed by atoms with Crippen LogP contribution in [0.4, 0.5) is 26.7 Å². The third-order valence-electron chi connectivity index (χ3n) is 6.22. The molecule has 0 aromatic heterocycles. The summed E-state index contributed by atoms with van der Waals surface area (Å²) in [6.45, 7) is 17.7. The molecule has 246 valence electrons. The highest BCUT2D eigenvalue weighted by Gasteiger charge is 2.28. The average molecular weight is 689 g/mol. The van der Waals surface area contributed by atoms with Crippen LogP contribution in [0.3, 0.4) is 0 Å². The molecule has 45 heavy (non-hydrogen) atoms. The van der Waals surface area contributed by atoms with Gasteiger partial charge in [0, 0.05) is 15.8 Å². The van der Waals surface area contributed by atoms with Crippen molar-refractivity contribution in [2.24, 2.45) is 0 Å². The van der Waals surface area contributed by atoms with Gasteiger partial charge in [0.05, 0.1) is 6.57 Å². The van der Waals surface area contributed by atoms with E-state index in [-0.39, 0.29) is 26.7 Å². The highest BCUT2D eigenvalue weighted by Crippen LogP contribution is 2.27. The second-order valence-electron chi connectivity index (χ2n) is 12.2. The maximum absolute atomic E-state index is 12.2. The summed E-state index contributed by atoms with van der Waals surface area (Å²) in [5.41, 5.74) is 2.76. The molecule has 4 rings (SSSR count). The Bertz CT molecular complexity index is 1420. The molecule has 2 heterocycles. The number of halogens is 1. The molecule has 0 radical (unpaired) electrons. The van der Waals surface area contributed by atoms with Gasteiger partial charge in [0.15, 0.2) is 5.69 Å². The molecule has 2 aromatic rings. The van der Waals surface area contributed by atoms with E-state index in [1.54, 1.807) is 59.7 Å². The van der Waals surface area contributed by atoms with Gasteiger partial charge in [-0.15, -0.1) is 0 Å². The van der Waals surface area contributed by atoms with Crippen LogP contribution in [0.25, 0.3) is 4.85 Å². The lowest BCUT2D eigenvalue weighted by molar-refractivity contribution is -0.118. The molecule has 0 unspecified atom stereocenters.